The van der Waals surface area contributed by atoms with Crippen molar-refractivity contribution in [2.24, 2.45) is 10.9 Å². The molecule has 0 spiro atoms. The molecule has 0 saturated carbocycles. The summed E-state index contributed by atoms with van der Waals surface area (Å²) >= 11 is 1.65. The minimum absolute atomic E-state index is 0.00798. The van der Waals surface area contributed by atoms with Crippen LogP contribution in [-0.4, -0.2) is 28.0 Å². The van der Waals surface area contributed by atoms with Crippen LogP contribution in [0.1, 0.15) is 52.3 Å². The Morgan fingerprint density at radius 3 is 2.46 bits per heavy atom. The van der Waals surface area contributed by atoms with E-state index in [1.807, 2.05) is 37.3 Å². The van der Waals surface area contributed by atoms with Gasteiger partial charge >= 0.3 is 0 Å². The SMILES string of the molecule is C/C=C(\N=C(C)CC)C(=O)N(Cc1ccc(-c2scnc2C)cc1)CC(C)C. The van der Waals surface area contributed by atoms with Gasteiger partial charge < -0.3 is 4.90 Å². The number of hydrogen-bond acceptors (Lipinski definition) is 4. The van der Waals surface area contributed by atoms with Gasteiger partial charge in [-0.1, -0.05) is 51.1 Å². The zero-order valence-electron chi connectivity index (χ0n) is 17.8. The number of nitrogens with zero attached hydrogens (tertiary/aromatic N) is 3. The average molecular weight is 398 g/mol. The van der Waals surface area contributed by atoms with Crippen molar-refractivity contribution < 1.29 is 4.79 Å². The minimum atomic E-state index is -0.00798. The zero-order valence-corrected chi connectivity index (χ0v) is 18.6. The lowest BCUT2D eigenvalue weighted by atomic mass is 10.1. The number of aliphatic imine (C=N–C) groups is 1. The number of rotatable bonds is 8. The van der Waals surface area contributed by atoms with E-state index in [1.54, 1.807) is 11.3 Å². The van der Waals surface area contributed by atoms with Gasteiger partial charge in [-0.2, -0.15) is 0 Å². The Labute approximate surface area is 173 Å². The van der Waals surface area contributed by atoms with E-state index in [0.717, 1.165) is 23.4 Å². The van der Waals surface area contributed by atoms with Gasteiger partial charge in [-0.15, -0.1) is 11.3 Å². The standard InChI is InChI=1S/C23H31N3OS/c1-7-17(5)25-21(8-2)23(27)26(13-16(3)4)14-19-9-11-20(12-10-19)22-18(6)24-15-28-22/h8-12,15-16H,7,13-14H2,1-6H3/b21-8-,25-17?. The molecule has 5 heteroatoms. The summed E-state index contributed by atoms with van der Waals surface area (Å²) in [6, 6.07) is 8.43. The molecule has 4 nitrogen and oxygen atoms in total. The molecule has 0 radical (unpaired) electrons. The smallest absolute Gasteiger partial charge is 0.272 e. The van der Waals surface area contributed by atoms with Gasteiger partial charge in [0.1, 0.15) is 5.70 Å². The van der Waals surface area contributed by atoms with Crippen LogP contribution in [0.2, 0.25) is 0 Å². The summed E-state index contributed by atoms with van der Waals surface area (Å²) in [5.74, 6) is 0.379. The molecule has 1 amide bonds. The second-order valence-corrected chi connectivity index (χ2v) is 8.27. The number of aryl methyl sites for hydroxylation is 1. The van der Waals surface area contributed by atoms with Crippen LogP contribution >= 0.6 is 11.3 Å². The first-order valence-corrected chi connectivity index (χ1v) is 10.7. The third-order valence-electron chi connectivity index (χ3n) is 4.52. The van der Waals surface area contributed by atoms with Crippen molar-refractivity contribution in [3.63, 3.8) is 0 Å². The van der Waals surface area contributed by atoms with E-state index in [-0.39, 0.29) is 5.91 Å². The molecule has 0 unspecified atom stereocenters. The van der Waals surface area contributed by atoms with E-state index in [2.05, 4.69) is 55.0 Å². The van der Waals surface area contributed by atoms with E-state index >= 15 is 0 Å². The second kappa shape index (κ2) is 10.3. The molecule has 0 fully saturated rings. The van der Waals surface area contributed by atoms with E-state index in [9.17, 15) is 4.79 Å². The Hall–Kier alpha value is -2.27. The normalized spacial score (nSPS) is 12.5. The van der Waals surface area contributed by atoms with Gasteiger partial charge in [0.15, 0.2) is 0 Å². The summed E-state index contributed by atoms with van der Waals surface area (Å²) < 4.78 is 0. The highest BCUT2D eigenvalue weighted by molar-refractivity contribution is 7.13. The fraction of sp³-hybridized carbons (Fsp3) is 0.435. The third-order valence-corrected chi connectivity index (χ3v) is 5.50. The Morgan fingerprint density at radius 2 is 1.96 bits per heavy atom. The molecule has 1 aromatic carbocycles. The maximum atomic E-state index is 13.1. The molecule has 0 bridgehead atoms. The number of allylic oxidation sites excluding steroid dienone is 1. The largest absolute Gasteiger partial charge is 0.333 e. The minimum Gasteiger partial charge on any atom is -0.333 e. The van der Waals surface area contributed by atoms with Crippen molar-refractivity contribution in [1.29, 1.82) is 0 Å². The molecule has 1 aromatic heterocycles. The van der Waals surface area contributed by atoms with Crippen molar-refractivity contribution in [2.45, 2.75) is 54.5 Å². The van der Waals surface area contributed by atoms with Gasteiger partial charge in [0, 0.05) is 18.8 Å². The summed E-state index contributed by atoms with van der Waals surface area (Å²) in [4.78, 5) is 25.1. The molecule has 0 N–H and O–H groups in total. The molecule has 0 atom stereocenters. The molecular weight excluding hydrogens is 366 g/mol. The van der Waals surface area contributed by atoms with Gasteiger partial charge in [0.25, 0.3) is 5.91 Å². The topological polar surface area (TPSA) is 45.6 Å². The lowest BCUT2D eigenvalue weighted by Crippen LogP contribution is -2.34. The van der Waals surface area contributed by atoms with Crippen molar-refractivity contribution in [2.75, 3.05) is 6.54 Å². The van der Waals surface area contributed by atoms with Crippen LogP contribution in [0, 0.1) is 12.8 Å². The Kier molecular flexibility index (Phi) is 8.12. The molecular formula is C23H31N3OS. The van der Waals surface area contributed by atoms with Gasteiger partial charge in [0.05, 0.1) is 16.1 Å². The molecule has 28 heavy (non-hydrogen) atoms. The molecule has 150 valence electrons. The number of carbonyl (C=O) groups excluding carboxylic acids is 1. The van der Waals surface area contributed by atoms with Crippen LogP contribution < -0.4 is 0 Å². The Bertz CT molecular complexity index is 847. The highest BCUT2D eigenvalue weighted by Gasteiger charge is 2.19. The molecule has 0 aliphatic carbocycles. The lowest BCUT2D eigenvalue weighted by Gasteiger charge is -2.25. The van der Waals surface area contributed by atoms with Crippen molar-refractivity contribution >= 4 is 23.0 Å². The summed E-state index contributed by atoms with van der Waals surface area (Å²) in [6.07, 6.45) is 2.65. The monoisotopic (exact) mass is 397 g/mol. The fourth-order valence-corrected chi connectivity index (χ4v) is 3.72. The van der Waals surface area contributed by atoms with Gasteiger partial charge in [-0.3, -0.25) is 9.79 Å². The molecule has 2 rings (SSSR count). The number of thiazole rings is 1. The fourth-order valence-electron chi connectivity index (χ4n) is 2.90. The van der Waals surface area contributed by atoms with Crippen LogP contribution in [0.25, 0.3) is 10.4 Å². The maximum Gasteiger partial charge on any atom is 0.272 e. The number of aromatic nitrogens is 1. The van der Waals surface area contributed by atoms with Crippen molar-refractivity contribution in [1.82, 2.24) is 9.88 Å². The third kappa shape index (κ3) is 5.86. The number of amides is 1. The molecule has 1 heterocycles. The summed E-state index contributed by atoms with van der Waals surface area (Å²) in [5.41, 5.74) is 6.71. The van der Waals surface area contributed by atoms with Gasteiger partial charge in [-0.05, 0) is 44.2 Å². The molecule has 0 aliphatic rings. The van der Waals surface area contributed by atoms with Crippen LogP contribution in [0.5, 0.6) is 0 Å². The predicted octanol–water partition coefficient (Wildman–Crippen LogP) is 5.88. The van der Waals surface area contributed by atoms with Crippen molar-refractivity contribution in [3.05, 3.63) is 52.8 Å². The number of benzene rings is 1. The first-order valence-electron chi connectivity index (χ1n) is 9.84. The van der Waals surface area contributed by atoms with Crippen molar-refractivity contribution in [3.8, 4) is 10.4 Å². The van der Waals surface area contributed by atoms with Crippen LogP contribution in [0.3, 0.4) is 0 Å². The highest BCUT2D eigenvalue weighted by atomic mass is 32.1. The Morgan fingerprint density at radius 1 is 1.29 bits per heavy atom. The van der Waals surface area contributed by atoms with Crippen LogP contribution in [0.15, 0.2) is 46.5 Å². The van der Waals surface area contributed by atoms with Gasteiger partial charge in [0.2, 0.25) is 0 Å². The summed E-state index contributed by atoms with van der Waals surface area (Å²) in [6.45, 7) is 13.5. The van der Waals surface area contributed by atoms with E-state index in [0.29, 0.717) is 24.7 Å². The van der Waals surface area contributed by atoms with Gasteiger partial charge in [-0.25, -0.2) is 4.98 Å². The molecule has 0 saturated heterocycles. The predicted molar refractivity (Wildman–Crippen MR) is 120 cm³/mol. The first kappa shape index (κ1) is 22.0. The zero-order chi connectivity index (χ0) is 20.7. The lowest BCUT2D eigenvalue weighted by molar-refractivity contribution is -0.128. The number of hydrogen-bond donors (Lipinski definition) is 0. The maximum absolute atomic E-state index is 13.1. The molecule has 0 aliphatic heterocycles. The first-order chi connectivity index (χ1) is 13.3. The van der Waals surface area contributed by atoms with Crippen LogP contribution in [-0.2, 0) is 11.3 Å². The number of carbonyl (C=O) groups is 1. The van der Waals surface area contributed by atoms with E-state index in [1.165, 1.54) is 10.4 Å². The van der Waals surface area contributed by atoms with E-state index in [4.69, 9.17) is 0 Å². The summed E-state index contributed by atoms with van der Waals surface area (Å²) in [5, 5.41) is 0. The quantitative estimate of drug-likeness (QED) is 0.412. The Balaban J connectivity index is 2.22. The van der Waals surface area contributed by atoms with E-state index < -0.39 is 0 Å². The molecule has 2 aromatic rings. The summed E-state index contributed by atoms with van der Waals surface area (Å²) in [7, 11) is 0. The average Bonchev–Trinajstić information content (AvgIpc) is 3.11. The second-order valence-electron chi connectivity index (χ2n) is 7.42. The highest BCUT2D eigenvalue weighted by Crippen LogP contribution is 2.27. The van der Waals surface area contributed by atoms with Crippen LogP contribution in [0.4, 0.5) is 0 Å².